The molecule has 0 spiro atoms. The van der Waals surface area contributed by atoms with Crippen LogP contribution in [0.25, 0.3) is 0 Å². The lowest BCUT2D eigenvalue weighted by atomic mass is 10.0. The van der Waals surface area contributed by atoms with Crippen LogP contribution in [0, 0.1) is 11.7 Å². The highest BCUT2D eigenvalue weighted by atomic mass is 19.1. The molecular weight excluding hydrogens is 219 g/mol. The number of amides is 1. The number of anilines is 2. The number of rotatable bonds is 3. The molecule has 1 amide bonds. The van der Waals surface area contributed by atoms with Gasteiger partial charge in [0.25, 0.3) is 0 Å². The maximum atomic E-state index is 13.4. The molecule has 0 heterocycles. The monoisotopic (exact) mass is 236 g/mol. The van der Waals surface area contributed by atoms with Crippen molar-refractivity contribution >= 4 is 17.3 Å². The zero-order valence-electron chi connectivity index (χ0n) is 9.71. The molecule has 2 rings (SSSR count). The second-order valence-electron chi connectivity index (χ2n) is 4.64. The molecule has 0 saturated heterocycles. The predicted molar refractivity (Wildman–Crippen MR) is 66.0 cm³/mol. The molecule has 1 aromatic carbocycles. The highest BCUT2D eigenvalue weighted by molar-refractivity contribution is 5.91. The van der Waals surface area contributed by atoms with Gasteiger partial charge < -0.3 is 11.1 Å². The number of benzene rings is 1. The summed E-state index contributed by atoms with van der Waals surface area (Å²) in [5.74, 6) is -0.112. The first-order chi connectivity index (χ1) is 8.15. The van der Waals surface area contributed by atoms with Gasteiger partial charge >= 0.3 is 0 Å². The lowest BCUT2D eigenvalue weighted by Gasteiger charge is -2.10. The van der Waals surface area contributed by atoms with E-state index in [1.54, 1.807) is 0 Å². The molecule has 0 aliphatic heterocycles. The van der Waals surface area contributed by atoms with Gasteiger partial charge in [0.1, 0.15) is 5.82 Å². The molecule has 3 nitrogen and oxygen atoms in total. The molecule has 0 atom stereocenters. The third-order valence-electron chi connectivity index (χ3n) is 3.21. The minimum Gasteiger partial charge on any atom is -0.399 e. The molecule has 1 saturated carbocycles. The van der Waals surface area contributed by atoms with Crippen LogP contribution in [-0.2, 0) is 4.79 Å². The minimum absolute atomic E-state index is 0.124. The standard InChI is InChI=1S/C13H17FN2O/c14-11-6-5-10(15)8-12(11)16-13(17)7-9-3-1-2-4-9/h5-6,8-9H,1-4,7,15H2,(H,16,17). The van der Waals surface area contributed by atoms with E-state index in [0.29, 0.717) is 18.0 Å². The number of nitrogen functional groups attached to an aromatic ring is 1. The SMILES string of the molecule is Nc1ccc(F)c(NC(=O)CC2CCCC2)c1. The van der Waals surface area contributed by atoms with Crippen LogP contribution in [0.1, 0.15) is 32.1 Å². The van der Waals surface area contributed by atoms with Gasteiger partial charge in [-0.3, -0.25) is 4.79 Å². The summed E-state index contributed by atoms with van der Waals surface area (Å²) < 4.78 is 13.4. The van der Waals surface area contributed by atoms with E-state index in [1.165, 1.54) is 31.0 Å². The Labute approximate surface area is 100 Å². The van der Waals surface area contributed by atoms with E-state index in [1.807, 2.05) is 0 Å². The van der Waals surface area contributed by atoms with Crippen molar-refractivity contribution in [2.24, 2.45) is 5.92 Å². The fourth-order valence-corrected chi connectivity index (χ4v) is 2.32. The minimum atomic E-state index is -0.445. The molecule has 1 aliphatic rings. The molecule has 0 aromatic heterocycles. The van der Waals surface area contributed by atoms with Gasteiger partial charge in [-0.05, 0) is 37.0 Å². The van der Waals surface area contributed by atoms with E-state index in [-0.39, 0.29) is 11.6 Å². The summed E-state index contributed by atoms with van der Waals surface area (Å²) in [5, 5.41) is 2.58. The van der Waals surface area contributed by atoms with Crippen molar-refractivity contribution in [1.82, 2.24) is 0 Å². The number of nitrogens with one attached hydrogen (secondary N) is 1. The normalized spacial score (nSPS) is 16.1. The van der Waals surface area contributed by atoms with Crippen molar-refractivity contribution in [2.75, 3.05) is 11.1 Å². The smallest absolute Gasteiger partial charge is 0.224 e. The first-order valence-electron chi connectivity index (χ1n) is 6.00. The summed E-state index contributed by atoms with van der Waals surface area (Å²) in [6.07, 6.45) is 5.09. The third kappa shape index (κ3) is 3.19. The Kier molecular flexibility index (Phi) is 3.61. The largest absolute Gasteiger partial charge is 0.399 e. The van der Waals surface area contributed by atoms with Crippen LogP contribution in [0.5, 0.6) is 0 Å². The van der Waals surface area contributed by atoms with E-state index in [9.17, 15) is 9.18 Å². The Morgan fingerprint density at radius 2 is 2.12 bits per heavy atom. The second kappa shape index (κ2) is 5.17. The summed E-state index contributed by atoms with van der Waals surface area (Å²) >= 11 is 0. The number of hydrogen-bond acceptors (Lipinski definition) is 2. The molecule has 4 heteroatoms. The molecule has 0 radical (unpaired) electrons. The van der Waals surface area contributed by atoms with Crippen LogP contribution in [0.2, 0.25) is 0 Å². The van der Waals surface area contributed by atoms with Gasteiger partial charge in [0.15, 0.2) is 0 Å². The summed E-state index contributed by atoms with van der Waals surface area (Å²) in [6.45, 7) is 0. The van der Waals surface area contributed by atoms with Crippen molar-refractivity contribution in [3.8, 4) is 0 Å². The van der Waals surface area contributed by atoms with E-state index < -0.39 is 5.82 Å². The molecular formula is C13H17FN2O. The molecule has 3 N–H and O–H groups in total. The number of carbonyl (C=O) groups excluding carboxylic acids is 1. The summed E-state index contributed by atoms with van der Waals surface area (Å²) in [5.41, 5.74) is 6.17. The van der Waals surface area contributed by atoms with E-state index in [0.717, 1.165) is 12.8 Å². The Hall–Kier alpha value is -1.58. The predicted octanol–water partition coefficient (Wildman–Crippen LogP) is 2.93. The maximum absolute atomic E-state index is 13.4. The summed E-state index contributed by atoms with van der Waals surface area (Å²) in [4.78, 5) is 11.7. The van der Waals surface area contributed by atoms with E-state index in [4.69, 9.17) is 5.73 Å². The first-order valence-corrected chi connectivity index (χ1v) is 6.00. The van der Waals surface area contributed by atoms with Crippen molar-refractivity contribution < 1.29 is 9.18 Å². The van der Waals surface area contributed by atoms with Gasteiger partial charge in [-0.25, -0.2) is 4.39 Å². The average Bonchev–Trinajstić information content (AvgIpc) is 2.76. The van der Waals surface area contributed by atoms with Crippen molar-refractivity contribution in [2.45, 2.75) is 32.1 Å². The first kappa shape index (κ1) is 11.9. The van der Waals surface area contributed by atoms with Crippen LogP contribution in [0.4, 0.5) is 15.8 Å². The second-order valence-corrected chi connectivity index (χ2v) is 4.64. The van der Waals surface area contributed by atoms with Crippen LogP contribution < -0.4 is 11.1 Å². The lowest BCUT2D eigenvalue weighted by Crippen LogP contribution is -2.16. The van der Waals surface area contributed by atoms with Crippen molar-refractivity contribution in [3.63, 3.8) is 0 Å². The zero-order chi connectivity index (χ0) is 12.3. The molecule has 1 aromatic rings. The highest BCUT2D eigenvalue weighted by Gasteiger charge is 2.19. The topological polar surface area (TPSA) is 55.1 Å². The number of halogens is 1. The number of carbonyl (C=O) groups is 1. The van der Waals surface area contributed by atoms with Crippen LogP contribution >= 0.6 is 0 Å². The van der Waals surface area contributed by atoms with Gasteiger partial charge in [-0.1, -0.05) is 12.8 Å². The van der Waals surface area contributed by atoms with Crippen LogP contribution in [-0.4, -0.2) is 5.91 Å². The Morgan fingerprint density at radius 1 is 1.41 bits per heavy atom. The van der Waals surface area contributed by atoms with Crippen molar-refractivity contribution in [1.29, 1.82) is 0 Å². The Bertz CT molecular complexity index is 414. The molecule has 1 aliphatic carbocycles. The van der Waals surface area contributed by atoms with E-state index >= 15 is 0 Å². The third-order valence-corrected chi connectivity index (χ3v) is 3.21. The van der Waals surface area contributed by atoms with Gasteiger partial charge in [-0.15, -0.1) is 0 Å². The fraction of sp³-hybridized carbons (Fsp3) is 0.462. The lowest BCUT2D eigenvalue weighted by molar-refractivity contribution is -0.117. The van der Waals surface area contributed by atoms with Crippen LogP contribution in [0.15, 0.2) is 18.2 Å². The zero-order valence-corrected chi connectivity index (χ0v) is 9.71. The van der Waals surface area contributed by atoms with Gasteiger partial charge in [0, 0.05) is 12.1 Å². The van der Waals surface area contributed by atoms with Crippen LogP contribution in [0.3, 0.4) is 0 Å². The highest BCUT2D eigenvalue weighted by Crippen LogP contribution is 2.28. The van der Waals surface area contributed by atoms with Gasteiger partial charge in [0.05, 0.1) is 5.69 Å². The molecule has 0 bridgehead atoms. The Balaban J connectivity index is 1.95. The molecule has 1 fully saturated rings. The number of hydrogen-bond donors (Lipinski definition) is 2. The fourth-order valence-electron chi connectivity index (χ4n) is 2.32. The maximum Gasteiger partial charge on any atom is 0.224 e. The molecule has 0 unspecified atom stereocenters. The summed E-state index contributed by atoms with van der Waals surface area (Å²) in [7, 11) is 0. The van der Waals surface area contributed by atoms with Gasteiger partial charge in [0.2, 0.25) is 5.91 Å². The molecule has 92 valence electrons. The van der Waals surface area contributed by atoms with Gasteiger partial charge in [-0.2, -0.15) is 0 Å². The average molecular weight is 236 g/mol. The van der Waals surface area contributed by atoms with Crippen molar-refractivity contribution in [3.05, 3.63) is 24.0 Å². The quantitative estimate of drug-likeness (QED) is 0.793. The molecule has 17 heavy (non-hydrogen) atoms. The summed E-state index contributed by atoms with van der Waals surface area (Å²) in [6, 6.07) is 4.18. The van der Waals surface area contributed by atoms with E-state index in [2.05, 4.69) is 5.32 Å². The Morgan fingerprint density at radius 3 is 2.82 bits per heavy atom. The number of nitrogens with two attached hydrogens (primary N) is 1.